The van der Waals surface area contributed by atoms with Gasteiger partial charge in [-0.1, -0.05) is 90.9 Å². The largest absolute Gasteiger partial charge is 0.449 e. The summed E-state index contributed by atoms with van der Waals surface area (Å²) in [5.74, 6) is -0.710. The number of amides is 1. The summed E-state index contributed by atoms with van der Waals surface area (Å²) in [6.45, 7) is 3.64. The topological polar surface area (TPSA) is 77.0 Å². The number of hydrogen-bond donors (Lipinski definition) is 1. The number of carbonyl (C=O) groups excluding carboxylic acids is 2. The van der Waals surface area contributed by atoms with Gasteiger partial charge in [-0.15, -0.1) is 0 Å². The highest BCUT2D eigenvalue weighted by Gasteiger charge is 2.29. The van der Waals surface area contributed by atoms with E-state index >= 15 is 0 Å². The van der Waals surface area contributed by atoms with Crippen LogP contribution in [-0.4, -0.2) is 30.4 Å². The van der Waals surface area contributed by atoms with E-state index in [1.165, 1.54) is 6.92 Å². The quantitative estimate of drug-likeness (QED) is 0.307. The number of fused-ring (bicyclic) bond motifs is 3. The number of hydrogen-bond acceptors (Lipinski definition) is 5. The van der Waals surface area contributed by atoms with Crippen molar-refractivity contribution in [1.82, 2.24) is 5.32 Å². The smallest absolute Gasteiger partial charge is 0.407 e. The fourth-order valence-corrected chi connectivity index (χ4v) is 4.01. The summed E-state index contributed by atoms with van der Waals surface area (Å²) in [5, 5.41) is 6.50. The summed E-state index contributed by atoms with van der Waals surface area (Å²) in [4.78, 5) is 29.8. The second-order valence-corrected chi connectivity index (χ2v) is 7.86. The number of alkyl carbamates (subject to hydrolysis) is 1. The predicted molar refractivity (Wildman–Crippen MR) is 127 cm³/mol. The molecule has 0 aliphatic heterocycles. The second kappa shape index (κ2) is 10.1. The van der Waals surface area contributed by atoms with Gasteiger partial charge in [0.15, 0.2) is 0 Å². The Morgan fingerprint density at radius 2 is 1.48 bits per heavy atom. The molecule has 0 saturated heterocycles. The minimum absolute atomic E-state index is 0.0482. The molecule has 1 aliphatic carbocycles. The number of ether oxygens (including phenoxy) is 1. The van der Waals surface area contributed by atoms with E-state index in [-0.39, 0.29) is 12.5 Å². The van der Waals surface area contributed by atoms with E-state index in [0.29, 0.717) is 12.1 Å². The van der Waals surface area contributed by atoms with Gasteiger partial charge in [0.2, 0.25) is 0 Å². The van der Waals surface area contributed by atoms with Crippen molar-refractivity contribution in [1.29, 1.82) is 0 Å². The van der Waals surface area contributed by atoms with Crippen LogP contribution in [0, 0.1) is 0 Å². The van der Waals surface area contributed by atoms with Gasteiger partial charge < -0.3 is 14.9 Å². The maximum Gasteiger partial charge on any atom is 0.407 e. The third-order valence-corrected chi connectivity index (χ3v) is 5.72. The van der Waals surface area contributed by atoms with Crippen molar-refractivity contribution in [2.75, 3.05) is 6.61 Å². The van der Waals surface area contributed by atoms with Crippen LogP contribution in [0.3, 0.4) is 0 Å². The van der Waals surface area contributed by atoms with Crippen LogP contribution in [0.15, 0.2) is 84.0 Å². The van der Waals surface area contributed by atoms with Gasteiger partial charge in [-0.25, -0.2) is 9.59 Å². The first kappa shape index (κ1) is 22.3. The van der Waals surface area contributed by atoms with Crippen molar-refractivity contribution in [3.63, 3.8) is 0 Å². The van der Waals surface area contributed by atoms with Crippen molar-refractivity contribution in [2.24, 2.45) is 5.16 Å². The molecule has 0 fully saturated rings. The Labute approximate surface area is 193 Å². The first-order valence-electron chi connectivity index (χ1n) is 11.0. The van der Waals surface area contributed by atoms with Crippen molar-refractivity contribution >= 4 is 17.8 Å². The molecule has 0 spiro atoms. The molecule has 3 aromatic carbocycles. The highest BCUT2D eigenvalue weighted by molar-refractivity contribution is 6.00. The third kappa shape index (κ3) is 4.95. The maximum atomic E-state index is 12.4. The van der Waals surface area contributed by atoms with Gasteiger partial charge in [-0.2, -0.15) is 0 Å². The number of rotatable bonds is 7. The van der Waals surface area contributed by atoms with Crippen molar-refractivity contribution in [3.05, 3.63) is 95.6 Å². The molecule has 1 aliphatic rings. The Morgan fingerprint density at radius 1 is 0.909 bits per heavy atom. The van der Waals surface area contributed by atoms with Gasteiger partial charge in [-0.05, 0) is 41.2 Å². The molecule has 1 N–H and O–H groups in total. The fourth-order valence-electron chi connectivity index (χ4n) is 4.01. The van der Waals surface area contributed by atoms with Gasteiger partial charge in [0.05, 0.1) is 5.71 Å². The van der Waals surface area contributed by atoms with Crippen LogP contribution < -0.4 is 5.32 Å². The van der Waals surface area contributed by atoms with Gasteiger partial charge in [0, 0.05) is 5.92 Å². The molecule has 0 heterocycles. The Bertz CT molecular complexity index is 1130. The van der Waals surface area contributed by atoms with E-state index in [1.54, 1.807) is 0 Å². The lowest BCUT2D eigenvalue weighted by Gasteiger charge is -2.16. The summed E-state index contributed by atoms with van der Waals surface area (Å²) < 4.78 is 5.48. The summed E-state index contributed by atoms with van der Waals surface area (Å²) in [5.41, 5.74) is 6.09. The number of benzene rings is 3. The van der Waals surface area contributed by atoms with Crippen LogP contribution in [0.25, 0.3) is 11.1 Å². The Hall–Kier alpha value is -3.93. The van der Waals surface area contributed by atoms with E-state index in [1.807, 2.05) is 61.5 Å². The highest BCUT2D eigenvalue weighted by Crippen LogP contribution is 2.44. The first-order valence-corrected chi connectivity index (χ1v) is 11.0. The molecule has 1 atom stereocenters. The third-order valence-electron chi connectivity index (χ3n) is 5.72. The molecule has 0 saturated carbocycles. The average Bonchev–Trinajstić information content (AvgIpc) is 3.17. The van der Waals surface area contributed by atoms with Crippen molar-refractivity contribution in [2.45, 2.75) is 32.2 Å². The molecule has 168 valence electrons. The first-order chi connectivity index (χ1) is 16.1. The maximum absolute atomic E-state index is 12.4. The zero-order valence-corrected chi connectivity index (χ0v) is 18.7. The predicted octanol–water partition coefficient (Wildman–Crippen LogP) is 5.27. The van der Waals surface area contributed by atoms with E-state index < -0.39 is 18.1 Å². The minimum atomic E-state index is -0.904. The Balaban J connectivity index is 1.34. The average molecular weight is 443 g/mol. The molecule has 33 heavy (non-hydrogen) atoms. The molecule has 0 bridgehead atoms. The number of carbonyl (C=O) groups is 2. The van der Waals surface area contributed by atoms with Crippen LogP contribution in [-0.2, 0) is 14.4 Å². The minimum Gasteiger partial charge on any atom is -0.449 e. The van der Waals surface area contributed by atoms with Crippen LogP contribution in [0.4, 0.5) is 4.79 Å². The van der Waals surface area contributed by atoms with Gasteiger partial charge in [-0.3, -0.25) is 0 Å². The second-order valence-electron chi connectivity index (χ2n) is 7.86. The standard InChI is InChI=1S/C27H26N2O4/c1-3-25(19-11-5-4-6-12-19)29-33-26(30)18(2)28-27(31)32-17-24-22-15-9-7-13-20(22)21-14-8-10-16-23(21)24/h4-16,18,24H,3,17H2,1-2H3,(H,28,31)/b29-25+/t18-/m0/s1. The molecule has 0 unspecified atom stereocenters. The Kier molecular flexibility index (Phi) is 6.83. The molecule has 0 aromatic heterocycles. The van der Waals surface area contributed by atoms with E-state index in [0.717, 1.165) is 27.8 Å². The molecular formula is C27H26N2O4. The number of nitrogens with one attached hydrogen (secondary N) is 1. The summed E-state index contributed by atoms with van der Waals surface area (Å²) in [6, 6.07) is 24.8. The van der Waals surface area contributed by atoms with Crippen LogP contribution in [0.2, 0.25) is 0 Å². The molecule has 3 aromatic rings. The normalized spacial score (nSPS) is 13.6. The highest BCUT2D eigenvalue weighted by atomic mass is 16.7. The van der Waals surface area contributed by atoms with E-state index in [9.17, 15) is 9.59 Å². The molecule has 6 heteroatoms. The number of nitrogens with zero attached hydrogens (tertiary/aromatic N) is 1. The summed E-state index contributed by atoms with van der Waals surface area (Å²) in [7, 11) is 0. The Morgan fingerprint density at radius 3 is 2.09 bits per heavy atom. The molecular weight excluding hydrogens is 416 g/mol. The zero-order chi connectivity index (χ0) is 23.2. The SMILES string of the molecule is CC/C(=N\OC(=O)[C@H](C)NC(=O)OCC1c2ccccc2-c2ccccc21)c1ccccc1. The monoisotopic (exact) mass is 442 g/mol. The van der Waals surface area contributed by atoms with Gasteiger partial charge in [0.1, 0.15) is 12.6 Å². The molecule has 1 amide bonds. The lowest BCUT2D eigenvalue weighted by Crippen LogP contribution is -2.39. The van der Waals surface area contributed by atoms with Crippen molar-refractivity contribution in [3.8, 4) is 11.1 Å². The summed E-state index contributed by atoms with van der Waals surface area (Å²) >= 11 is 0. The zero-order valence-electron chi connectivity index (χ0n) is 18.7. The molecule has 6 nitrogen and oxygen atoms in total. The fraction of sp³-hybridized carbons (Fsp3) is 0.222. The van der Waals surface area contributed by atoms with E-state index in [2.05, 4.69) is 34.7 Å². The summed E-state index contributed by atoms with van der Waals surface area (Å²) in [6.07, 6.45) is -0.0741. The van der Waals surface area contributed by atoms with Crippen LogP contribution in [0.1, 0.15) is 42.9 Å². The lowest BCUT2D eigenvalue weighted by atomic mass is 9.98. The van der Waals surface area contributed by atoms with Gasteiger partial charge in [0.25, 0.3) is 0 Å². The number of oxime groups is 1. The van der Waals surface area contributed by atoms with Gasteiger partial charge >= 0.3 is 12.1 Å². The lowest BCUT2D eigenvalue weighted by molar-refractivity contribution is -0.145. The van der Waals surface area contributed by atoms with E-state index in [4.69, 9.17) is 9.57 Å². The molecule has 4 rings (SSSR count). The molecule has 0 radical (unpaired) electrons. The van der Waals surface area contributed by atoms with Crippen LogP contribution in [0.5, 0.6) is 0 Å². The van der Waals surface area contributed by atoms with Crippen LogP contribution >= 0.6 is 0 Å². The van der Waals surface area contributed by atoms with Crippen molar-refractivity contribution < 1.29 is 19.2 Å².